The Balaban J connectivity index is 1.72. The molecule has 0 radical (unpaired) electrons. The summed E-state index contributed by atoms with van der Waals surface area (Å²) in [6, 6.07) is 10.6. The van der Waals surface area contributed by atoms with Crippen molar-refractivity contribution >= 4 is 5.97 Å². The highest BCUT2D eigenvalue weighted by Crippen LogP contribution is 2.44. The van der Waals surface area contributed by atoms with Crippen molar-refractivity contribution in [1.29, 1.82) is 0 Å². The zero-order valence-electron chi connectivity index (χ0n) is 20.0. The molecule has 34 heavy (non-hydrogen) atoms. The summed E-state index contributed by atoms with van der Waals surface area (Å²) in [5.74, 6) is -1.33. The van der Waals surface area contributed by atoms with E-state index in [2.05, 4.69) is 22.0 Å². The van der Waals surface area contributed by atoms with E-state index in [1.54, 1.807) is 6.07 Å². The average Bonchev–Trinajstić information content (AvgIpc) is 3.20. The summed E-state index contributed by atoms with van der Waals surface area (Å²) >= 11 is 0. The first-order valence-electron chi connectivity index (χ1n) is 11.3. The van der Waals surface area contributed by atoms with E-state index in [9.17, 15) is 20.1 Å². The predicted octanol–water partition coefficient (Wildman–Crippen LogP) is 4.16. The number of carboxylic acid groups (broad SMARTS) is 1. The number of rotatable bonds is 5. The Bertz CT molecular complexity index is 1190. The summed E-state index contributed by atoms with van der Waals surface area (Å²) in [5.41, 5.74) is 2.28. The van der Waals surface area contributed by atoms with Crippen LogP contribution in [0.4, 0.5) is 0 Å². The van der Waals surface area contributed by atoms with Gasteiger partial charge in [0.15, 0.2) is 11.5 Å². The van der Waals surface area contributed by atoms with Gasteiger partial charge in [-0.15, -0.1) is 0 Å². The number of phenols is 2. The molecule has 1 aliphatic heterocycles. The van der Waals surface area contributed by atoms with Gasteiger partial charge in [-0.2, -0.15) is 0 Å². The molecule has 8 heteroatoms. The molecule has 2 heterocycles. The maximum atomic E-state index is 11.9. The van der Waals surface area contributed by atoms with Gasteiger partial charge in [0.2, 0.25) is 0 Å². The van der Waals surface area contributed by atoms with Crippen LogP contribution in [0.25, 0.3) is 22.5 Å². The SMILES string of the molecule is CN1CCN(Cc2ccc(-c3c(C(=O)O)noc3-c3cc(C(C)(C)C)c(O)cc3O)cc2)CC1. The molecule has 2 aromatic carbocycles. The van der Waals surface area contributed by atoms with E-state index in [4.69, 9.17) is 4.52 Å². The molecule has 3 N–H and O–H groups in total. The Labute approximate surface area is 199 Å². The van der Waals surface area contributed by atoms with Crippen LogP contribution >= 0.6 is 0 Å². The van der Waals surface area contributed by atoms with Crippen LogP contribution in [0.2, 0.25) is 0 Å². The second-order valence-electron chi connectivity index (χ2n) is 9.95. The van der Waals surface area contributed by atoms with Crippen LogP contribution in [-0.4, -0.2) is 69.5 Å². The van der Waals surface area contributed by atoms with Gasteiger partial charge in [-0.25, -0.2) is 4.79 Å². The molecule has 3 aromatic rings. The van der Waals surface area contributed by atoms with Crippen molar-refractivity contribution in [3.63, 3.8) is 0 Å². The second kappa shape index (κ2) is 9.12. The van der Waals surface area contributed by atoms with Gasteiger partial charge in [0.25, 0.3) is 0 Å². The summed E-state index contributed by atoms with van der Waals surface area (Å²) in [6.07, 6.45) is 0. The number of aromatic nitrogens is 1. The number of benzene rings is 2. The van der Waals surface area contributed by atoms with E-state index >= 15 is 0 Å². The van der Waals surface area contributed by atoms with E-state index in [-0.39, 0.29) is 28.5 Å². The molecule has 0 unspecified atom stereocenters. The minimum atomic E-state index is -1.22. The van der Waals surface area contributed by atoms with E-state index in [1.165, 1.54) is 6.07 Å². The van der Waals surface area contributed by atoms with Gasteiger partial charge in [-0.05, 0) is 29.7 Å². The molecule has 1 fully saturated rings. The number of hydrogen-bond acceptors (Lipinski definition) is 7. The smallest absolute Gasteiger partial charge is 0.358 e. The molecule has 0 bridgehead atoms. The number of aromatic hydroxyl groups is 2. The lowest BCUT2D eigenvalue weighted by atomic mass is 9.84. The lowest BCUT2D eigenvalue weighted by Gasteiger charge is -2.32. The van der Waals surface area contributed by atoms with Gasteiger partial charge in [-0.1, -0.05) is 50.2 Å². The molecule has 1 saturated heterocycles. The summed E-state index contributed by atoms with van der Waals surface area (Å²) in [4.78, 5) is 16.6. The fraction of sp³-hybridized carbons (Fsp3) is 0.385. The maximum absolute atomic E-state index is 11.9. The molecular weight excluding hydrogens is 434 g/mol. The number of carbonyl (C=O) groups is 1. The van der Waals surface area contributed by atoms with Crippen molar-refractivity contribution in [3.8, 4) is 33.9 Å². The molecule has 0 aliphatic carbocycles. The molecule has 0 atom stereocenters. The molecule has 0 amide bonds. The van der Waals surface area contributed by atoms with Crippen molar-refractivity contribution < 1.29 is 24.6 Å². The second-order valence-corrected chi connectivity index (χ2v) is 9.95. The number of piperazine rings is 1. The first kappa shape index (κ1) is 23.8. The number of aromatic carboxylic acids is 1. The van der Waals surface area contributed by atoms with Crippen LogP contribution in [0.3, 0.4) is 0 Å². The quantitative estimate of drug-likeness (QED) is 0.515. The number of hydrogen-bond donors (Lipinski definition) is 3. The summed E-state index contributed by atoms with van der Waals surface area (Å²) in [5, 5.41) is 34.5. The Kier molecular flexibility index (Phi) is 6.38. The molecule has 180 valence electrons. The molecular formula is C26H31N3O5. The molecule has 0 saturated carbocycles. The van der Waals surface area contributed by atoms with Crippen molar-refractivity contribution in [2.75, 3.05) is 33.2 Å². The molecule has 4 rings (SSSR count). The Morgan fingerprint density at radius 2 is 1.68 bits per heavy atom. The minimum absolute atomic E-state index is 0.0402. The fourth-order valence-corrected chi connectivity index (χ4v) is 4.29. The van der Waals surface area contributed by atoms with Gasteiger partial charge in [-0.3, -0.25) is 4.90 Å². The van der Waals surface area contributed by atoms with Crippen LogP contribution in [0, 0.1) is 0 Å². The van der Waals surface area contributed by atoms with E-state index in [0.717, 1.165) is 38.3 Å². The number of nitrogens with zero attached hydrogens (tertiary/aromatic N) is 3. The van der Waals surface area contributed by atoms with E-state index in [1.807, 2.05) is 45.0 Å². The van der Waals surface area contributed by atoms with Gasteiger partial charge < -0.3 is 24.7 Å². The highest BCUT2D eigenvalue weighted by atomic mass is 16.5. The largest absolute Gasteiger partial charge is 0.508 e. The summed E-state index contributed by atoms with van der Waals surface area (Å²) in [7, 11) is 2.12. The fourth-order valence-electron chi connectivity index (χ4n) is 4.29. The third-order valence-corrected chi connectivity index (χ3v) is 6.31. The molecule has 0 spiro atoms. The zero-order valence-corrected chi connectivity index (χ0v) is 20.0. The average molecular weight is 466 g/mol. The number of likely N-dealkylation sites (N-methyl/N-ethyl adjacent to an activating group) is 1. The highest BCUT2D eigenvalue weighted by Gasteiger charge is 2.28. The van der Waals surface area contributed by atoms with Crippen LogP contribution in [0.1, 0.15) is 42.4 Å². The van der Waals surface area contributed by atoms with Gasteiger partial charge in [0.1, 0.15) is 11.5 Å². The van der Waals surface area contributed by atoms with Crippen LogP contribution in [0.15, 0.2) is 40.9 Å². The van der Waals surface area contributed by atoms with Gasteiger partial charge >= 0.3 is 5.97 Å². The van der Waals surface area contributed by atoms with Crippen molar-refractivity contribution in [1.82, 2.24) is 15.0 Å². The van der Waals surface area contributed by atoms with E-state index in [0.29, 0.717) is 16.7 Å². The summed E-state index contributed by atoms with van der Waals surface area (Å²) in [6.45, 7) is 10.7. The third-order valence-electron chi connectivity index (χ3n) is 6.31. The Morgan fingerprint density at radius 3 is 2.26 bits per heavy atom. The van der Waals surface area contributed by atoms with Crippen LogP contribution in [0.5, 0.6) is 11.5 Å². The van der Waals surface area contributed by atoms with E-state index < -0.39 is 11.4 Å². The number of phenolic OH excluding ortho intramolecular Hbond substituents is 2. The minimum Gasteiger partial charge on any atom is -0.508 e. The van der Waals surface area contributed by atoms with Gasteiger partial charge in [0.05, 0.1) is 11.1 Å². The molecule has 8 nitrogen and oxygen atoms in total. The van der Waals surface area contributed by atoms with Crippen LogP contribution < -0.4 is 0 Å². The lowest BCUT2D eigenvalue weighted by molar-refractivity contribution is 0.0686. The van der Waals surface area contributed by atoms with Crippen LogP contribution in [-0.2, 0) is 12.0 Å². The van der Waals surface area contributed by atoms with Crippen molar-refractivity contribution in [2.24, 2.45) is 0 Å². The molecule has 1 aliphatic rings. The maximum Gasteiger partial charge on any atom is 0.358 e. The normalized spacial score (nSPS) is 15.5. The topological polar surface area (TPSA) is 110 Å². The lowest BCUT2D eigenvalue weighted by Crippen LogP contribution is -2.43. The standard InChI is InChI=1S/C26H31N3O5/c1-26(2,3)19-13-18(20(30)14-21(19)31)24-22(23(25(32)33)27-34-24)17-7-5-16(6-8-17)15-29-11-9-28(4)10-12-29/h5-8,13-14,30-31H,9-12,15H2,1-4H3,(H,32,33). The number of carboxylic acids is 1. The third kappa shape index (κ3) is 4.78. The highest BCUT2D eigenvalue weighted by molar-refractivity contribution is 5.99. The van der Waals surface area contributed by atoms with Crippen molar-refractivity contribution in [2.45, 2.75) is 32.7 Å². The predicted molar refractivity (Wildman–Crippen MR) is 129 cm³/mol. The first-order chi connectivity index (χ1) is 16.0. The van der Waals surface area contributed by atoms with Gasteiger partial charge in [0, 0.05) is 44.4 Å². The van der Waals surface area contributed by atoms with Crippen molar-refractivity contribution in [3.05, 3.63) is 53.2 Å². The Morgan fingerprint density at radius 1 is 1.03 bits per heavy atom. The summed E-state index contributed by atoms with van der Waals surface area (Å²) < 4.78 is 5.46. The molecule has 1 aromatic heterocycles. The monoisotopic (exact) mass is 465 g/mol. The first-order valence-corrected chi connectivity index (χ1v) is 11.3. The Hall–Kier alpha value is -3.36. The zero-order chi connectivity index (χ0) is 24.6.